The Balaban J connectivity index is 2.10. The molecule has 1 N–H and O–H groups in total. The Hall–Kier alpha value is -0.580. The normalized spacial score (nSPS) is 18.4. The molecule has 1 aliphatic rings. The summed E-state index contributed by atoms with van der Waals surface area (Å²) < 4.78 is 0. The van der Waals surface area contributed by atoms with Crippen LogP contribution in [0.15, 0.2) is 18.2 Å². The second-order valence-electron chi connectivity index (χ2n) is 4.65. The predicted octanol–water partition coefficient (Wildman–Crippen LogP) is 4.55. The van der Waals surface area contributed by atoms with Crippen molar-refractivity contribution >= 4 is 41.0 Å². The fourth-order valence-corrected chi connectivity index (χ4v) is 3.88. The Bertz CT molecular complexity index is 484. The Morgan fingerprint density at radius 2 is 2.30 bits per heavy atom. The van der Waals surface area contributed by atoms with Crippen molar-refractivity contribution in [2.45, 2.75) is 25.1 Å². The van der Waals surface area contributed by atoms with Gasteiger partial charge in [-0.05, 0) is 12.5 Å². The molecule has 1 fully saturated rings. The molecule has 6 heteroatoms. The number of hydrogen-bond donors (Lipinski definition) is 1. The first-order chi connectivity index (χ1) is 9.65. The number of benzene rings is 1. The van der Waals surface area contributed by atoms with Crippen LogP contribution < -0.4 is 5.32 Å². The summed E-state index contributed by atoms with van der Waals surface area (Å²) in [5.41, 5.74) is 0.910. The van der Waals surface area contributed by atoms with E-state index in [0.29, 0.717) is 16.6 Å². The lowest BCUT2D eigenvalue weighted by Gasteiger charge is -2.25. The maximum atomic E-state index is 12.2. The van der Waals surface area contributed by atoms with Crippen molar-refractivity contribution in [2.75, 3.05) is 18.8 Å². The second kappa shape index (κ2) is 7.43. The van der Waals surface area contributed by atoms with Crippen molar-refractivity contribution in [3.63, 3.8) is 0 Å². The summed E-state index contributed by atoms with van der Waals surface area (Å²) in [4.78, 5) is 14.1. The highest BCUT2D eigenvalue weighted by Crippen LogP contribution is 2.42. The molecule has 0 unspecified atom stereocenters. The molecule has 1 aromatic rings. The van der Waals surface area contributed by atoms with E-state index in [-0.39, 0.29) is 11.4 Å². The van der Waals surface area contributed by atoms with Gasteiger partial charge in [0.25, 0.3) is 0 Å². The summed E-state index contributed by atoms with van der Waals surface area (Å²) in [5.74, 6) is 0.911. The summed E-state index contributed by atoms with van der Waals surface area (Å²) >= 11 is 14.0. The van der Waals surface area contributed by atoms with Gasteiger partial charge < -0.3 is 10.2 Å². The molecule has 0 saturated carbocycles. The van der Waals surface area contributed by atoms with Gasteiger partial charge in [0.2, 0.25) is 0 Å². The summed E-state index contributed by atoms with van der Waals surface area (Å²) in [7, 11) is 0. The summed E-state index contributed by atoms with van der Waals surface area (Å²) in [6, 6.07) is 5.54. The van der Waals surface area contributed by atoms with E-state index in [1.54, 1.807) is 17.8 Å². The molecule has 0 aliphatic carbocycles. The second-order valence-corrected chi connectivity index (χ2v) is 6.62. The van der Waals surface area contributed by atoms with Gasteiger partial charge in [0.05, 0.1) is 10.0 Å². The monoisotopic (exact) mass is 332 g/mol. The topological polar surface area (TPSA) is 32.3 Å². The number of halogens is 2. The van der Waals surface area contributed by atoms with Crippen molar-refractivity contribution in [1.82, 2.24) is 10.2 Å². The molecule has 3 nitrogen and oxygen atoms in total. The van der Waals surface area contributed by atoms with Crippen LogP contribution in [0.25, 0.3) is 0 Å². The average Bonchev–Trinajstić information content (AvgIpc) is 2.91. The molecule has 0 bridgehead atoms. The fraction of sp³-hybridized carbons (Fsp3) is 0.500. The van der Waals surface area contributed by atoms with E-state index < -0.39 is 0 Å². The first-order valence-corrected chi connectivity index (χ1v) is 8.55. The smallest absolute Gasteiger partial charge is 0.318 e. The SMILES string of the molecule is CCCCNC(=O)N1CCS[C@H]1c1cccc(Cl)c1Cl. The Kier molecular flexibility index (Phi) is 5.87. The van der Waals surface area contributed by atoms with Crippen LogP contribution in [0.5, 0.6) is 0 Å². The molecule has 1 heterocycles. The van der Waals surface area contributed by atoms with Gasteiger partial charge in [0, 0.05) is 24.4 Å². The maximum absolute atomic E-state index is 12.2. The van der Waals surface area contributed by atoms with E-state index in [4.69, 9.17) is 23.2 Å². The van der Waals surface area contributed by atoms with Crippen LogP contribution in [-0.2, 0) is 0 Å². The van der Waals surface area contributed by atoms with Gasteiger partial charge in [0.1, 0.15) is 5.37 Å². The highest BCUT2D eigenvalue weighted by molar-refractivity contribution is 7.99. The lowest BCUT2D eigenvalue weighted by atomic mass is 10.2. The van der Waals surface area contributed by atoms with Crippen LogP contribution in [0.4, 0.5) is 4.79 Å². The number of thioether (sulfide) groups is 1. The van der Waals surface area contributed by atoms with Crippen molar-refractivity contribution < 1.29 is 4.79 Å². The van der Waals surface area contributed by atoms with Gasteiger partial charge in [-0.3, -0.25) is 0 Å². The van der Waals surface area contributed by atoms with E-state index in [0.717, 1.165) is 30.7 Å². The number of carbonyl (C=O) groups excluding carboxylic acids is 1. The van der Waals surface area contributed by atoms with Crippen molar-refractivity contribution in [1.29, 1.82) is 0 Å². The molecule has 20 heavy (non-hydrogen) atoms. The highest BCUT2D eigenvalue weighted by Gasteiger charge is 2.32. The largest absolute Gasteiger partial charge is 0.338 e. The zero-order chi connectivity index (χ0) is 14.5. The van der Waals surface area contributed by atoms with Crippen LogP contribution in [0.1, 0.15) is 30.7 Å². The van der Waals surface area contributed by atoms with Crippen molar-refractivity contribution in [3.05, 3.63) is 33.8 Å². The third-order valence-electron chi connectivity index (χ3n) is 3.21. The fourth-order valence-electron chi connectivity index (χ4n) is 2.12. The van der Waals surface area contributed by atoms with Gasteiger partial charge in [-0.2, -0.15) is 0 Å². The lowest BCUT2D eigenvalue weighted by molar-refractivity contribution is 0.200. The van der Waals surface area contributed by atoms with E-state index in [1.165, 1.54) is 0 Å². The van der Waals surface area contributed by atoms with Crippen LogP contribution in [-0.4, -0.2) is 29.8 Å². The number of hydrogen-bond acceptors (Lipinski definition) is 2. The quantitative estimate of drug-likeness (QED) is 0.820. The third-order valence-corrected chi connectivity index (χ3v) is 5.28. The molecule has 1 atom stereocenters. The molecule has 0 radical (unpaired) electrons. The highest BCUT2D eigenvalue weighted by atomic mass is 35.5. The predicted molar refractivity (Wildman–Crippen MR) is 86.7 cm³/mol. The number of nitrogens with one attached hydrogen (secondary N) is 1. The standard InChI is InChI=1S/C14H18Cl2N2OS/c1-2-3-7-17-14(19)18-8-9-20-13(18)10-5-4-6-11(15)12(10)16/h4-6,13H,2-3,7-9H2,1H3,(H,17,19)/t13-/m0/s1. The van der Waals surface area contributed by atoms with Gasteiger partial charge in [-0.25, -0.2) is 4.79 Å². The molecule has 0 spiro atoms. The average molecular weight is 333 g/mol. The van der Waals surface area contributed by atoms with Crippen LogP contribution in [0.2, 0.25) is 10.0 Å². The number of urea groups is 1. The molecule has 1 saturated heterocycles. The van der Waals surface area contributed by atoms with Gasteiger partial charge >= 0.3 is 6.03 Å². The zero-order valence-electron chi connectivity index (χ0n) is 11.4. The first-order valence-electron chi connectivity index (χ1n) is 6.75. The molecule has 2 amide bonds. The first kappa shape index (κ1) is 15.8. The van der Waals surface area contributed by atoms with Crippen LogP contribution >= 0.6 is 35.0 Å². The summed E-state index contributed by atoms with van der Waals surface area (Å²) in [5, 5.41) is 3.98. The van der Waals surface area contributed by atoms with E-state index in [1.807, 2.05) is 17.0 Å². The minimum atomic E-state index is -0.0529. The van der Waals surface area contributed by atoms with Crippen LogP contribution in [0, 0.1) is 0 Å². The molecular formula is C14H18Cl2N2OS. The maximum Gasteiger partial charge on any atom is 0.318 e. The lowest BCUT2D eigenvalue weighted by Crippen LogP contribution is -2.39. The number of nitrogens with zero attached hydrogens (tertiary/aromatic N) is 1. The number of carbonyl (C=O) groups is 1. The third kappa shape index (κ3) is 3.54. The van der Waals surface area contributed by atoms with E-state index in [9.17, 15) is 4.79 Å². The van der Waals surface area contributed by atoms with E-state index in [2.05, 4.69) is 12.2 Å². The molecular weight excluding hydrogens is 315 g/mol. The van der Waals surface area contributed by atoms with Gasteiger partial charge in [-0.15, -0.1) is 11.8 Å². The molecule has 2 rings (SSSR count). The van der Waals surface area contributed by atoms with Crippen molar-refractivity contribution in [2.24, 2.45) is 0 Å². The molecule has 0 aromatic heterocycles. The number of unbranched alkanes of at least 4 members (excludes halogenated alkanes) is 1. The van der Waals surface area contributed by atoms with E-state index >= 15 is 0 Å². The Morgan fingerprint density at radius 3 is 3.05 bits per heavy atom. The molecule has 1 aliphatic heterocycles. The Morgan fingerprint density at radius 1 is 1.50 bits per heavy atom. The Labute approximate surface area is 134 Å². The molecule has 1 aromatic carbocycles. The minimum Gasteiger partial charge on any atom is -0.338 e. The van der Waals surface area contributed by atoms with Gasteiger partial charge in [-0.1, -0.05) is 48.7 Å². The van der Waals surface area contributed by atoms with Crippen molar-refractivity contribution in [3.8, 4) is 0 Å². The summed E-state index contributed by atoms with van der Waals surface area (Å²) in [6.07, 6.45) is 2.06. The summed E-state index contributed by atoms with van der Waals surface area (Å²) in [6.45, 7) is 3.55. The number of rotatable bonds is 4. The molecule has 110 valence electrons. The minimum absolute atomic E-state index is 0.0236. The zero-order valence-corrected chi connectivity index (χ0v) is 13.7. The number of amides is 2. The van der Waals surface area contributed by atoms with Gasteiger partial charge in [0.15, 0.2) is 0 Å². The van der Waals surface area contributed by atoms with Crippen LogP contribution in [0.3, 0.4) is 0 Å².